The molecule has 0 bridgehead atoms. The molecule has 0 aromatic heterocycles. The molecule has 0 amide bonds. The van der Waals surface area contributed by atoms with Crippen LogP contribution in [0.15, 0.2) is 18.2 Å². The van der Waals surface area contributed by atoms with E-state index >= 15 is 0 Å². The van der Waals surface area contributed by atoms with Gasteiger partial charge in [0, 0.05) is 11.6 Å². The Hall–Kier alpha value is -0.960. The molecular weight excluding hydrogens is 148 g/mol. The van der Waals surface area contributed by atoms with Gasteiger partial charge in [-0.05, 0) is 25.1 Å². The van der Waals surface area contributed by atoms with Crippen LogP contribution in [0, 0.1) is 11.6 Å². The Bertz CT molecular complexity index is 258. The predicted molar refractivity (Wildman–Crippen MR) is 39.0 cm³/mol. The average molecular weight is 157 g/mol. The van der Waals surface area contributed by atoms with E-state index in [1.165, 1.54) is 0 Å². The fourth-order valence-electron chi connectivity index (χ4n) is 0.864. The Morgan fingerprint density at radius 3 is 2.45 bits per heavy atom. The Balaban J connectivity index is 3.13. The van der Waals surface area contributed by atoms with Gasteiger partial charge in [-0.3, -0.25) is 0 Å². The highest BCUT2D eigenvalue weighted by molar-refractivity contribution is 5.21. The molecule has 1 aromatic carbocycles. The summed E-state index contributed by atoms with van der Waals surface area (Å²) >= 11 is 0. The van der Waals surface area contributed by atoms with Crippen molar-refractivity contribution in [2.45, 2.75) is 13.0 Å². The quantitative estimate of drug-likeness (QED) is 0.662. The van der Waals surface area contributed by atoms with Crippen molar-refractivity contribution in [3.8, 4) is 0 Å². The maximum absolute atomic E-state index is 12.8. The molecule has 0 aliphatic heterocycles. The molecule has 11 heavy (non-hydrogen) atoms. The second-order valence-corrected chi connectivity index (χ2v) is 2.45. The molecule has 0 fully saturated rings. The van der Waals surface area contributed by atoms with Crippen molar-refractivity contribution in [3.05, 3.63) is 35.4 Å². The zero-order chi connectivity index (χ0) is 8.43. The van der Waals surface area contributed by atoms with Crippen LogP contribution in [0.1, 0.15) is 18.5 Å². The van der Waals surface area contributed by atoms with Gasteiger partial charge in [0.15, 0.2) is 0 Å². The van der Waals surface area contributed by atoms with Crippen LogP contribution in [0.2, 0.25) is 0 Å². The number of rotatable bonds is 1. The molecule has 1 nitrogen and oxygen atoms in total. The highest BCUT2D eigenvalue weighted by Crippen LogP contribution is 2.15. The first-order valence-corrected chi connectivity index (χ1v) is 3.32. The minimum atomic E-state index is -0.467. The molecule has 0 radical (unpaired) electrons. The van der Waals surface area contributed by atoms with Crippen molar-refractivity contribution in [1.29, 1.82) is 0 Å². The molecule has 2 N–H and O–H groups in total. The van der Waals surface area contributed by atoms with Crippen molar-refractivity contribution < 1.29 is 8.78 Å². The lowest BCUT2D eigenvalue weighted by molar-refractivity contribution is 0.572. The molecule has 0 aliphatic carbocycles. The van der Waals surface area contributed by atoms with Crippen LogP contribution in [-0.2, 0) is 0 Å². The van der Waals surface area contributed by atoms with E-state index in [2.05, 4.69) is 0 Å². The van der Waals surface area contributed by atoms with E-state index in [4.69, 9.17) is 5.73 Å². The number of benzene rings is 1. The topological polar surface area (TPSA) is 26.0 Å². The fourth-order valence-corrected chi connectivity index (χ4v) is 0.864. The third-order valence-electron chi connectivity index (χ3n) is 1.45. The molecule has 0 saturated carbocycles. The zero-order valence-corrected chi connectivity index (χ0v) is 6.14. The van der Waals surface area contributed by atoms with Gasteiger partial charge in [-0.2, -0.15) is 0 Å². The molecule has 1 atom stereocenters. The van der Waals surface area contributed by atoms with Gasteiger partial charge in [0.05, 0.1) is 0 Å². The Morgan fingerprint density at radius 2 is 2.00 bits per heavy atom. The van der Waals surface area contributed by atoms with Crippen LogP contribution in [-0.4, -0.2) is 0 Å². The van der Waals surface area contributed by atoms with Gasteiger partial charge in [0.25, 0.3) is 0 Å². The minimum Gasteiger partial charge on any atom is -0.324 e. The summed E-state index contributed by atoms with van der Waals surface area (Å²) in [6.45, 7) is 1.61. The summed E-state index contributed by atoms with van der Waals surface area (Å²) < 4.78 is 25.3. The lowest BCUT2D eigenvalue weighted by Crippen LogP contribution is -2.07. The number of hydrogen-bond donors (Lipinski definition) is 1. The summed E-state index contributed by atoms with van der Waals surface area (Å²) in [5.41, 5.74) is 5.59. The second-order valence-electron chi connectivity index (χ2n) is 2.45. The van der Waals surface area contributed by atoms with E-state index in [0.29, 0.717) is 0 Å². The summed E-state index contributed by atoms with van der Waals surface area (Å²) in [6, 6.07) is 2.79. The SMILES string of the molecule is C[C@@H](N)c1cc(F)ccc1F. The van der Waals surface area contributed by atoms with Crippen molar-refractivity contribution in [1.82, 2.24) is 0 Å². The maximum atomic E-state index is 12.8. The monoisotopic (exact) mass is 157 g/mol. The van der Waals surface area contributed by atoms with Gasteiger partial charge < -0.3 is 5.73 Å². The van der Waals surface area contributed by atoms with Crippen LogP contribution >= 0.6 is 0 Å². The smallest absolute Gasteiger partial charge is 0.128 e. The Labute approximate surface area is 63.8 Å². The highest BCUT2D eigenvalue weighted by Gasteiger charge is 2.06. The molecular formula is C8H9F2N. The third kappa shape index (κ3) is 1.74. The standard InChI is InChI=1S/C8H9F2N/c1-5(11)7-4-6(9)2-3-8(7)10/h2-5H,11H2,1H3/t5-/m1/s1. The second kappa shape index (κ2) is 2.96. The van der Waals surface area contributed by atoms with Crippen molar-refractivity contribution in [3.63, 3.8) is 0 Å². The summed E-state index contributed by atoms with van der Waals surface area (Å²) in [6.07, 6.45) is 0. The predicted octanol–water partition coefficient (Wildman–Crippen LogP) is 1.98. The molecule has 3 heteroatoms. The molecule has 60 valence electrons. The first kappa shape index (κ1) is 8.14. The van der Waals surface area contributed by atoms with E-state index in [-0.39, 0.29) is 5.56 Å². The normalized spacial score (nSPS) is 13.1. The maximum Gasteiger partial charge on any atom is 0.128 e. The van der Waals surface area contributed by atoms with E-state index in [1.54, 1.807) is 6.92 Å². The minimum absolute atomic E-state index is 0.213. The van der Waals surface area contributed by atoms with E-state index < -0.39 is 17.7 Å². The molecule has 0 spiro atoms. The molecule has 0 aliphatic rings. The van der Waals surface area contributed by atoms with Gasteiger partial charge in [-0.15, -0.1) is 0 Å². The molecule has 0 heterocycles. The van der Waals surface area contributed by atoms with Crippen molar-refractivity contribution >= 4 is 0 Å². The summed E-state index contributed by atoms with van der Waals surface area (Å²) in [7, 11) is 0. The van der Waals surface area contributed by atoms with Gasteiger partial charge in [0.1, 0.15) is 11.6 Å². The van der Waals surface area contributed by atoms with E-state index in [9.17, 15) is 8.78 Å². The zero-order valence-electron chi connectivity index (χ0n) is 6.14. The van der Waals surface area contributed by atoms with Crippen LogP contribution in [0.5, 0.6) is 0 Å². The summed E-state index contributed by atoms with van der Waals surface area (Å²) in [4.78, 5) is 0. The lowest BCUT2D eigenvalue weighted by atomic mass is 10.1. The van der Waals surface area contributed by atoms with E-state index in [0.717, 1.165) is 18.2 Å². The first-order chi connectivity index (χ1) is 5.11. The van der Waals surface area contributed by atoms with E-state index in [1.807, 2.05) is 0 Å². The van der Waals surface area contributed by atoms with Gasteiger partial charge in [-0.1, -0.05) is 0 Å². The van der Waals surface area contributed by atoms with Gasteiger partial charge in [-0.25, -0.2) is 8.78 Å². The molecule has 1 aromatic rings. The van der Waals surface area contributed by atoms with Crippen molar-refractivity contribution in [2.75, 3.05) is 0 Å². The summed E-state index contributed by atoms with van der Waals surface area (Å²) in [5, 5.41) is 0. The van der Waals surface area contributed by atoms with Crippen LogP contribution < -0.4 is 5.73 Å². The average Bonchev–Trinajstić information content (AvgIpc) is 1.94. The van der Waals surface area contributed by atoms with Crippen LogP contribution in [0.4, 0.5) is 8.78 Å². The Morgan fingerprint density at radius 1 is 1.36 bits per heavy atom. The molecule has 1 rings (SSSR count). The number of nitrogens with two attached hydrogens (primary N) is 1. The highest BCUT2D eigenvalue weighted by atomic mass is 19.1. The van der Waals surface area contributed by atoms with Gasteiger partial charge in [0.2, 0.25) is 0 Å². The number of halogens is 2. The summed E-state index contributed by atoms with van der Waals surface area (Å²) in [5.74, 6) is -0.917. The largest absolute Gasteiger partial charge is 0.324 e. The van der Waals surface area contributed by atoms with Crippen LogP contribution in [0.3, 0.4) is 0 Å². The van der Waals surface area contributed by atoms with Crippen molar-refractivity contribution in [2.24, 2.45) is 5.73 Å². The fraction of sp³-hybridized carbons (Fsp3) is 0.250. The van der Waals surface area contributed by atoms with Gasteiger partial charge >= 0.3 is 0 Å². The molecule has 0 saturated heterocycles. The Kier molecular flexibility index (Phi) is 2.19. The third-order valence-corrected chi connectivity index (χ3v) is 1.45. The molecule has 0 unspecified atom stereocenters. The lowest BCUT2D eigenvalue weighted by Gasteiger charge is -2.05. The number of hydrogen-bond acceptors (Lipinski definition) is 1. The first-order valence-electron chi connectivity index (χ1n) is 3.32. The van der Waals surface area contributed by atoms with Crippen LogP contribution in [0.25, 0.3) is 0 Å².